The van der Waals surface area contributed by atoms with Crippen LogP contribution in [0, 0.1) is 11.3 Å². The van der Waals surface area contributed by atoms with Crippen molar-refractivity contribution in [2.75, 3.05) is 31.2 Å². The minimum atomic E-state index is -0.294. The van der Waals surface area contributed by atoms with Crippen LogP contribution in [0.3, 0.4) is 0 Å². The Balaban J connectivity index is 1.81. The van der Waals surface area contributed by atoms with E-state index in [2.05, 4.69) is 35.2 Å². The number of nitriles is 1. The molecule has 2 heterocycles. The van der Waals surface area contributed by atoms with Crippen LogP contribution in [0.15, 0.2) is 36.4 Å². The molecule has 0 saturated carbocycles. The molecule has 19 heavy (non-hydrogen) atoms. The first kappa shape index (κ1) is 12.8. The molecule has 96 valence electrons. The summed E-state index contributed by atoms with van der Waals surface area (Å²) in [5.41, 5.74) is 1.99. The van der Waals surface area contributed by atoms with Gasteiger partial charge in [-0.3, -0.25) is 0 Å². The zero-order valence-electron chi connectivity index (χ0n) is 10.5. The molecule has 0 atom stereocenters. The average molecular weight is 366 g/mol. The third-order valence-electron chi connectivity index (χ3n) is 3.21. The first-order chi connectivity index (χ1) is 9.36. The summed E-state index contributed by atoms with van der Waals surface area (Å²) in [5, 5.41) is 8.82. The van der Waals surface area contributed by atoms with E-state index in [1.54, 1.807) is 0 Å². The number of anilines is 1. The van der Waals surface area contributed by atoms with Crippen molar-refractivity contribution in [2.24, 2.45) is 0 Å². The first-order valence-electron chi connectivity index (χ1n) is 6.30. The van der Waals surface area contributed by atoms with E-state index in [4.69, 9.17) is 10.00 Å². The second kappa shape index (κ2) is 5.80. The first-order valence-corrected chi connectivity index (χ1v) is 8.63. The molecule has 1 fully saturated rings. The number of nitrogens with zero attached hydrogens (tertiary/aromatic N) is 2. The maximum absolute atomic E-state index is 8.82. The Morgan fingerprint density at radius 2 is 1.79 bits per heavy atom. The van der Waals surface area contributed by atoms with Gasteiger partial charge in [-0.05, 0) is 0 Å². The predicted octanol–water partition coefficient (Wildman–Crippen LogP) is 2.12. The molecule has 1 aliphatic rings. The number of rotatable bonds is 2. The van der Waals surface area contributed by atoms with Crippen molar-refractivity contribution in [2.45, 2.75) is 0 Å². The molecule has 0 spiro atoms. The van der Waals surface area contributed by atoms with Gasteiger partial charge in [0, 0.05) is 0 Å². The van der Waals surface area contributed by atoms with Gasteiger partial charge in [-0.1, -0.05) is 0 Å². The number of hydrogen-bond acceptors (Lipinski definition) is 3. The van der Waals surface area contributed by atoms with Gasteiger partial charge in [-0.25, -0.2) is 0 Å². The van der Waals surface area contributed by atoms with E-state index in [0.717, 1.165) is 31.9 Å². The standard InChI is InChI=1S/C15H14N2OTe/c16-11-12-1-3-13(4-2-12)14-5-6-15(19-14)17-7-9-18-10-8-17/h1-6H,7-10H2. The van der Waals surface area contributed by atoms with Gasteiger partial charge in [0.2, 0.25) is 0 Å². The fourth-order valence-corrected chi connectivity index (χ4v) is 5.18. The molecular formula is C15H14N2OTe. The molecule has 3 rings (SSSR count). The molecule has 1 aromatic heterocycles. The van der Waals surface area contributed by atoms with Crippen LogP contribution in [0.5, 0.6) is 0 Å². The van der Waals surface area contributed by atoms with E-state index in [1.165, 1.54) is 12.8 Å². The normalized spacial score (nSPS) is 15.2. The summed E-state index contributed by atoms with van der Waals surface area (Å²) in [6.45, 7) is 3.73. The zero-order valence-corrected chi connectivity index (χ0v) is 12.8. The van der Waals surface area contributed by atoms with Crippen LogP contribution >= 0.6 is 0 Å². The second-order valence-corrected chi connectivity index (χ2v) is 7.46. The Labute approximate surface area is 122 Å². The van der Waals surface area contributed by atoms with E-state index in [1.807, 2.05) is 12.1 Å². The molecule has 1 aliphatic heterocycles. The molecule has 0 unspecified atom stereocenters. The molecule has 0 radical (unpaired) electrons. The summed E-state index contributed by atoms with van der Waals surface area (Å²) < 4.78 is 8.36. The summed E-state index contributed by atoms with van der Waals surface area (Å²) in [7, 11) is 0. The van der Waals surface area contributed by atoms with Gasteiger partial charge in [0.25, 0.3) is 0 Å². The molecule has 0 bridgehead atoms. The fourth-order valence-electron chi connectivity index (χ4n) is 2.15. The third-order valence-corrected chi connectivity index (χ3v) is 6.62. The van der Waals surface area contributed by atoms with E-state index >= 15 is 0 Å². The van der Waals surface area contributed by atoms with Crippen molar-refractivity contribution in [1.29, 1.82) is 5.26 Å². The Hall–Kier alpha value is -1.26. The molecule has 0 amide bonds. The molecule has 4 heteroatoms. The van der Waals surface area contributed by atoms with Crippen LogP contribution in [0.4, 0.5) is 3.70 Å². The number of benzene rings is 1. The van der Waals surface area contributed by atoms with E-state index in [0.29, 0.717) is 0 Å². The number of ether oxygens (including phenoxy) is 1. The number of hydrogen-bond donors (Lipinski definition) is 0. The maximum atomic E-state index is 8.82. The van der Waals surface area contributed by atoms with E-state index in [-0.39, 0.29) is 20.4 Å². The van der Waals surface area contributed by atoms with Crippen molar-refractivity contribution >= 4 is 24.1 Å². The second-order valence-electron chi connectivity index (χ2n) is 4.43. The van der Waals surface area contributed by atoms with Crippen LogP contribution in [0.2, 0.25) is 0 Å². The van der Waals surface area contributed by atoms with Crippen molar-refractivity contribution in [1.82, 2.24) is 0 Å². The fraction of sp³-hybridized carbons (Fsp3) is 0.267. The van der Waals surface area contributed by atoms with E-state index < -0.39 is 0 Å². The Morgan fingerprint density at radius 3 is 2.47 bits per heavy atom. The number of morpholine rings is 1. The van der Waals surface area contributed by atoms with Crippen LogP contribution < -0.4 is 4.90 Å². The third kappa shape index (κ3) is 2.85. The van der Waals surface area contributed by atoms with Gasteiger partial charge in [0.1, 0.15) is 0 Å². The van der Waals surface area contributed by atoms with Crippen molar-refractivity contribution in [3.05, 3.63) is 42.0 Å². The van der Waals surface area contributed by atoms with Gasteiger partial charge in [-0.15, -0.1) is 0 Å². The molecule has 0 N–H and O–H groups in total. The monoisotopic (exact) mass is 368 g/mol. The Bertz CT molecular complexity index is 591. The Morgan fingerprint density at radius 1 is 1.05 bits per heavy atom. The summed E-state index contributed by atoms with van der Waals surface area (Å²) in [5.74, 6) is 0. The van der Waals surface area contributed by atoms with Gasteiger partial charge in [0.05, 0.1) is 0 Å². The molecule has 3 nitrogen and oxygen atoms in total. The van der Waals surface area contributed by atoms with Crippen molar-refractivity contribution in [3.8, 4) is 15.2 Å². The topological polar surface area (TPSA) is 36.3 Å². The zero-order chi connectivity index (χ0) is 13.1. The summed E-state index contributed by atoms with van der Waals surface area (Å²) in [6, 6.07) is 14.6. The van der Waals surface area contributed by atoms with Crippen LogP contribution in [-0.4, -0.2) is 46.7 Å². The molecular weight excluding hydrogens is 352 g/mol. The van der Waals surface area contributed by atoms with Gasteiger partial charge < -0.3 is 0 Å². The minimum absolute atomic E-state index is 0.294. The van der Waals surface area contributed by atoms with Crippen molar-refractivity contribution in [3.63, 3.8) is 0 Å². The predicted molar refractivity (Wildman–Crippen MR) is 76.6 cm³/mol. The molecule has 1 saturated heterocycles. The summed E-state index contributed by atoms with van der Waals surface area (Å²) in [4.78, 5) is 2.46. The van der Waals surface area contributed by atoms with Gasteiger partial charge in [-0.2, -0.15) is 0 Å². The molecule has 2 aromatic rings. The summed E-state index contributed by atoms with van der Waals surface area (Å²) >= 11 is -0.294. The molecule has 0 aliphatic carbocycles. The quantitative estimate of drug-likeness (QED) is 0.765. The Kier molecular flexibility index (Phi) is 3.89. The summed E-state index contributed by atoms with van der Waals surface area (Å²) in [6.07, 6.45) is 0. The van der Waals surface area contributed by atoms with Crippen LogP contribution in [-0.2, 0) is 4.74 Å². The van der Waals surface area contributed by atoms with Crippen molar-refractivity contribution < 1.29 is 4.74 Å². The SMILES string of the molecule is N#Cc1ccc(-c2ccc(N3CCOCC3)[te]2)cc1. The van der Waals surface area contributed by atoms with Gasteiger partial charge in [0.15, 0.2) is 0 Å². The van der Waals surface area contributed by atoms with Gasteiger partial charge >= 0.3 is 123 Å². The van der Waals surface area contributed by atoms with Crippen LogP contribution in [0.1, 0.15) is 5.56 Å². The molecule has 1 aromatic carbocycles. The van der Waals surface area contributed by atoms with E-state index in [9.17, 15) is 0 Å². The average Bonchev–Trinajstić information content (AvgIpc) is 2.98. The van der Waals surface area contributed by atoms with Crippen LogP contribution in [0.25, 0.3) is 9.14 Å².